The third-order valence-electron chi connectivity index (χ3n) is 2.71. The number of methoxy groups -OCH3 is 2. The highest BCUT2D eigenvalue weighted by Crippen LogP contribution is 2.27. The predicted octanol–water partition coefficient (Wildman–Crippen LogP) is 3.10. The maximum Gasteiger partial charge on any atom is 0.161 e. The standard InChI is InChI=1S/C15H23NO2/c1-12(2)8-9-16(3)11-13-6-7-14(17-4)15(10-13)18-5/h6-8,10H,9,11H2,1-5H3. The first-order valence-electron chi connectivity index (χ1n) is 6.09. The van der Waals surface area contributed by atoms with Crippen molar-refractivity contribution in [3.63, 3.8) is 0 Å². The smallest absolute Gasteiger partial charge is 0.161 e. The van der Waals surface area contributed by atoms with Crippen LogP contribution in [0.15, 0.2) is 29.8 Å². The summed E-state index contributed by atoms with van der Waals surface area (Å²) in [5.41, 5.74) is 2.56. The van der Waals surface area contributed by atoms with E-state index in [0.717, 1.165) is 24.6 Å². The van der Waals surface area contributed by atoms with Crippen LogP contribution in [0, 0.1) is 0 Å². The molecule has 0 spiro atoms. The highest BCUT2D eigenvalue weighted by atomic mass is 16.5. The van der Waals surface area contributed by atoms with Gasteiger partial charge in [0.2, 0.25) is 0 Å². The van der Waals surface area contributed by atoms with Crippen molar-refractivity contribution in [2.24, 2.45) is 0 Å². The van der Waals surface area contributed by atoms with Gasteiger partial charge in [-0.25, -0.2) is 0 Å². The molecule has 0 heterocycles. The van der Waals surface area contributed by atoms with Gasteiger partial charge in [0.05, 0.1) is 14.2 Å². The third-order valence-corrected chi connectivity index (χ3v) is 2.71. The largest absolute Gasteiger partial charge is 0.493 e. The molecular weight excluding hydrogens is 226 g/mol. The molecule has 0 fully saturated rings. The van der Waals surface area contributed by atoms with Gasteiger partial charge in [-0.15, -0.1) is 0 Å². The van der Waals surface area contributed by atoms with Crippen LogP contribution in [0.1, 0.15) is 19.4 Å². The topological polar surface area (TPSA) is 21.7 Å². The number of nitrogens with zero attached hydrogens (tertiary/aromatic N) is 1. The molecule has 18 heavy (non-hydrogen) atoms. The molecule has 1 rings (SSSR count). The van der Waals surface area contributed by atoms with Gasteiger partial charge < -0.3 is 9.47 Å². The second-order valence-corrected chi connectivity index (χ2v) is 4.67. The van der Waals surface area contributed by atoms with Crippen LogP contribution in [0.3, 0.4) is 0 Å². The lowest BCUT2D eigenvalue weighted by atomic mass is 10.2. The zero-order valence-electron chi connectivity index (χ0n) is 12.0. The molecule has 0 aliphatic carbocycles. The number of hydrogen-bond acceptors (Lipinski definition) is 3. The lowest BCUT2D eigenvalue weighted by molar-refractivity contribution is 0.347. The Morgan fingerprint density at radius 1 is 1.17 bits per heavy atom. The first-order valence-corrected chi connectivity index (χ1v) is 6.09. The molecule has 3 heteroatoms. The minimum absolute atomic E-state index is 0.771. The number of benzene rings is 1. The summed E-state index contributed by atoms with van der Waals surface area (Å²) in [6.45, 7) is 6.08. The van der Waals surface area contributed by atoms with Crippen molar-refractivity contribution in [1.29, 1.82) is 0 Å². The summed E-state index contributed by atoms with van der Waals surface area (Å²) in [5.74, 6) is 1.55. The fourth-order valence-electron chi connectivity index (χ4n) is 1.69. The van der Waals surface area contributed by atoms with Crippen molar-refractivity contribution in [2.45, 2.75) is 20.4 Å². The molecule has 1 aromatic carbocycles. The molecule has 0 N–H and O–H groups in total. The van der Waals surface area contributed by atoms with Crippen LogP contribution < -0.4 is 9.47 Å². The van der Waals surface area contributed by atoms with Crippen molar-refractivity contribution in [3.8, 4) is 11.5 Å². The first kappa shape index (κ1) is 14.6. The number of hydrogen-bond donors (Lipinski definition) is 0. The quantitative estimate of drug-likeness (QED) is 0.723. The van der Waals surface area contributed by atoms with Crippen LogP contribution in [-0.2, 0) is 6.54 Å². The van der Waals surface area contributed by atoms with E-state index in [-0.39, 0.29) is 0 Å². The summed E-state index contributed by atoms with van der Waals surface area (Å²) in [6.07, 6.45) is 2.22. The number of ether oxygens (including phenoxy) is 2. The fraction of sp³-hybridized carbons (Fsp3) is 0.467. The summed E-state index contributed by atoms with van der Waals surface area (Å²) < 4.78 is 10.5. The summed E-state index contributed by atoms with van der Waals surface area (Å²) in [6, 6.07) is 6.04. The van der Waals surface area contributed by atoms with E-state index in [0.29, 0.717) is 0 Å². The SMILES string of the molecule is COc1ccc(CN(C)CC=C(C)C)cc1OC. The number of allylic oxidation sites excluding steroid dienone is 1. The molecule has 0 aliphatic rings. The molecule has 0 radical (unpaired) electrons. The van der Waals surface area contributed by atoms with Gasteiger partial charge in [-0.2, -0.15) is 0 Å². The van der Waals surface area contributed by atoms with E-state index in [4.69, 9.17) is 9.47 Å². The second kappa shape index (κ2) is 7.07. The Morgan fingerprint density at radius 2 is 1.83 bits per heavy atom. The molecule has 0 amide bonds. The number of rotatable bonds is 6. The van der Waals surface area contributed by atoms with E-state index in [1.165, 1.54) is 11.1 Å². The van der Waals surface area contributed by atoms with Crippen LogP contribution in [-0.4, -0.2) is 32.7 Å². The van der Waals surface area contributed by atoms with Gasteiger partial charge in [0.15, 0.2) is 11.5 Å². The molecule has 0 aromatic heterocycles. The molecule has 3 nitrogen and oxygen atoms in total. The van der Waals surface area contributed by atoms with E-state index < -0.39 is 0 Å². The van der Waals surface area contributed by atoms with Gasteiger partial charge >= 0.3 is 0 Å². The Bertz CT molecular complexity index is 409. The summed E-state index contributed by atoms with van der Waals surface area (Å²) >= 11 is 0. The van der Waals surface area contributed by atoms with Gasteiger partial charge in [0.1, 0.15) is 0 Å². The average molecular weight is 249 g/mol. The zero-order valence-corrected chi connectivity index (χ0v) is 12.0. The van der Waals surface area contributed by atoms with E-state index >= 15 is 0 Å². The summed E-state index contributed by atoms with van der Waals surface area (Å²) in [5, 5.41) is 0. The number of likely N-dealkylation sites (N-methyl/N-ethyl adjacent to an activating group) is 1. The summed E-state index contributed by atoms with van der Waals surface area (Å²) in [7, 11) is 5.42. The Morgan fingerprint density at radius 3 is 2.39 bits per heavy atom. The molecule has 0 aliphatic heterocycles. The Labute approximate surface area is 110 Å². The summed E-state index contributed by atoms with van der Waals surface area (Å²) in [4.78, 5) is 2.26. The van der Waals surface area contributed by atoms with Crippen LogP contribution in [0.25, 0.3) is 0 Å². The third kappa shape index (κ3) is 4.41. The van der Waals surface area contributed by atoms with E-state index in [1.54, 1.807) is 14.2 Å². The van der Waals surface area contributed by atoms with Gasteiger partial charge in [-0.05, 0) is 38.6 Å². The minimum atomic E-state index is 0.771. The van der Waals surface area contributed by atoms with Crippen molar-refractivity contribution in [2.75, 3.05) is 27.8 Å². The van der Waals surface area contributed by atoms with Gasteiger partial charge in [-0.3, -0.25) is 4.90 Å². The van der Waals surface area contributed by atoms with Crippen LogP contribution in [0.4, 0.5) is 0 Å². The van der Waals surface area contributed by atoms with Crippen LogP contribution >= 0.6 is 0 Å². The molecule has 0 saturated heterocycles. The van der Waals surface area contributed by atoms with Crippen molar-refractivity contribution >= 4 is 0 Å². The first-order chi connectivity index (χ1) is 8.56. The van der Waals surface area contributed by atoms with Gasteiger partial charge in [0.25, 0.3) is 0 Å². The van der Waals surface area contributed by atoms with E-state index in [2.05, 4.69) is 37.9 Å². The van der Waals surface area contributed by atoms with Crippen LogP contribution in [0.5, 0.6) is 11.5 Å². The predicted molar refractivity (Wildman–Crippen MR) is 75.3 cm³/mol. The zero-order chi connectivity index (χ0) is 13.5. The van der Waals surface area contributed by atoms with E-state index in [9.17, 15) is 0 Å². The van der Waals surface area contributed by atoms with Crippen molar-refractivity contribution < 1.29 is 9.47 Å². The van der Waals surface area contributed by atoms with Gasteiger partial charge in [-0.1, -0.05) is 17.7 Å². The Hall–Kier alpha value is -1.48. The maximum atomic E-state index is 5.30. The van der Waals surface area contributed by atoms with Crippen molar-refractivity contribution in [3.05, 3.63) is 35.4 Å². The van der Waals surface area contributed by atoms with Gasteiger partial charge in [0, 0.05) is 13.1 Å². The Kier molecular flexibility index (Phi) is 5.72. The highest BCUT2D eigenvalue weighted by Gasteiger charge is 2.05. The molecule has 100 valence electrons. The molecule has 0 unspecified atom stereocenters. The molecule has 0 saturated carbocycles. The molecule has 0 atom stereocenters. The average Bonchev–Trinajstić information content (AvgIpc) is 2.36. The minimum Gasteiger partial charge on any atom is -0.493 e. The highest BCUT2D eigenvalue weighted by molar-refractivity contribution is 5.42. The lowest BCUT2D eigenvalue weighted by Crippen LogP contribution is -2.17. The molecule has 1 aromatic rings. The monoisotopic (exact) mass is 249 g/mol. The Balaban J connectivity index is 2.70. The fourth-order valence-corrected chi connectivity index (χ4v) is 1.69. The maximum absolute atomic E-state index is 5.30. The molecular formula is C15H23NO2. The van der Waals surface area contributed by atoms with Crippen molar-refractivity contribution in [1.82, 2.24) is 4.90 Å². The second-order valence-electron chi connectivity index (χ2n) is 4.67. The molecule has 0 bridgehead atoms. The lowest BCUT2D eigenvalue weighted by Gasteiger charge is -2.16. The van der Waals surface area contributed by atoms with Crippen LogP contribution in [0.2, 0.25) is 0 Å². The normalized spacial score (nSPS) is 10.3. The van der Waals surface area contributed by atoms with E-state index in [1.807, 2.05) is 12.1 Å².